The van der Waals surface area contributed by atoms with Gasteiger partial charge in [-0.25, -0.2) is 0 Å². The van der Waals surface area contributed by atoms with Crippen LogP contribution in [0, 0.1) is 17.8 Å². The number of fused-ring (bicyclic) bond motifs is 2. The summed E-state index contributed by atoms with van der Waals surface area (Å²) in [6, 6.07) is 2.19. The smallest absolute Gasteiger partial charge is 0.00989 e. The Bertz CT molecular complexity index is 282. The number of piperidine rings is 1. The summed E-state index contributed by atoms with van der Waals surface area (Å²) >= 11 is 0. The van der Waals surface area contributed by atoms with E-state index in [1.54, 1.807) is 0 Å². The Hall–Kier alpha value is -0.0800. The Balaban J connectivity index is 1.55. The van der Waals surface area contributed by atoms with Gasteiger partial charge in [-0.1, -0.05) is 26.2 Å². The van der Waals surface area contributed by atoms with Gasteiger partial charge in [-0.3, -0.25) is 0 Å². The van der Waals surface area contributed by atoms with E-state index in [-0.39, 0.29) is 0 Å². The predicted molar refractivity (Wildman–Crippen MR) is 81.0 cm³/mol. The Morgan fingerprint density at radius 3 is 2.05 bits per heavy atom. The monoisotopic (exact) mass is 264 g/mol. The van der Waals surface area contributed by atoms with Crippen LogP contribution in [0.4, 0.5) is 0 Å². The first-order valence-corrected chi connectivity index (χ1v) is 8.66. The van der Waals surface area contributed by atoms with Crippen LogP contribution in [0.1, 0.15) is 64.7 Å². The zero-order valence-electron chi connectivity index (χ0n) is 12.9. The SMILES string of the molecule is CCC1CCC(C(N)C2CC3CCC(C2)N3C)CC1. The molecule has 0 spiro atoms. The highest BCUT2D eigenvalue weighted by Gasteiger charge is 2.42. The van der Waals surface area contributed by atoms with Crippen molar-refractivity contribution in [3.63, 3.8) is 0 Å². The zero-order chi connectivity index (χ0) is 13.4. The number of hydrogen-bond donors (Lipinski definition) is 1. The molecule has 2 heteroatoms. The highest BCUT2D eigenvalue weighted by molar-refractivity contribution is 4.97. The second-order valence-electron chi connectivity index (χ2n) is 7.55. The van der Waals surface area contributed by atoms with E-state index in [1.807, 2.05) is 0 Å². The molecule has 2 bridgehead atoms. The van der Waals surface area contributed by atoms with Crippen molar-refractivity contribution in [2.75, 3.05) is 7.05 Å². The van der Waals surface area contributed by atoms with Crippen molar-refractivity contribution in [2.45, 2.75) is 82.8 Å². The standard InChI is InChI=1S/C17H32N2/c1-3-12-4-6-13(7-5-12)17(18)14-10-15-8-9-16(11-14)19(15)2/h12-17H,3-11,18H2,1-2H3. The fraction of sp³-hybridized carbons (Fsp3) is 1.00. The first kappa shape index (κ1) is 13.9. The van der Waals surface area contributed by atoms with Gasteiger partial charge in [0, 0.05) is 18.1 Å². The molecular formula is C17H32N2. The van der Waals surface area contributed by atoms with Crippen LogP contribution in [-0.2, 0) is 0 Å². The van der Waals surface area contributed by atoms with Crippen LogP contribution in [0.3, 0.4) is 0 Å². The number of hydrogen-bond acceptors (Lipinski definition) is 2. The first-order chi connectivity index (χ1) is 9.19. The Morgan fingerprint density at radius 2 is 1.53 bits per heavy atom. The lowest BCUT2D eigenvalue weighted by Gasteiger charge is -2.42. The molecule has 3 rings (SSSR count). The lowest BCUT2D eigenvalue weighted by Crippen LogP contribution is -2.48. The molecule has 19 heavy (non-hydrogen) atoms. The minimum Gasteiger partial charge on any atom is -0.327 e. The van der Waals surface area contributed by atoms with Crippen molar-refractivity contribution in [1.29, 1.82) is 0 Å². The third kappa shape index (κ3) is 2.71. The molecule has 2 saturated heterocycles. The van der Waals surface area contributed by atoms with Crippen LogP contribution in [-0.4, -0.2) is 30.1 Å². The molecule has 2 heterocycles. The van der Waals surface area contributed by atoms with Gasteiger partial charge in [-0.2, -0.15) is 0 Å². The van der Waals surface area contributed by atoms with Crippen molar-refractivity contribution in [3.05, 3.63) is 0 Å². The van der Waals surface area contributed by atoms with Crippen molar-refractivity contribution in [3.8, 4) is 0 Å². The van der Waals surface area contributed by atoms with E-state index in [2.05, 4.69) is 18.9 Å². The molecular weight excluding hydrogens is 232 g/mol. The normalized spacial score (nSPS) is 45.3. The molecule has 110 valence electrons. The fourth-order valence-corrected chi connectivity index (χ4v) is 5.13. The van der Waals surface area contributed by atoms with Crippen LogP contribution in [0.5, 0.6) is 0 Å². The molecule has 1 aliphatic carbocycles. The molecule has 0 aromatic rings. The average Bonchev–Trinajstić information content (AvgIpc) is 2.68. The summed E-state index contributed by atoms with van der Waals surface area (Å²) in [5.74, 6) is 2.64. The molecule has 0 radical (unpaired) electrons. The van der Waals surface area contributed by atoms with Crippen molar-refractivity contribution < 1.29 is 0 Å². The highest BCUT2D eigenvalue weighted by Crippen LogP contribution is 2.42. The van der Waals surface area contributed by atoms with Crippen LogP contribution < -0.4 is 5.73 Å². The lowest BCUT2D eigenvalue weighted by atomic mass is 9.72. The molecule has 3 unspecified atom stereocenters. The van der Waals surface area contributed by atoms with Crippen LogP contribution in [0.15, 0.2) is 0 Å². The summed E-state index contributed by atoms with van der Waals surface area (Å²) in [6.07, 6.45) is 12.7. The van der Waals surface area contributed by atoms with E-state index < -0.39 is 0 Å². The van der Waals surface area contributed by atoms with E-state index >= 15 is 0 Å². The molecule has 2 aliphatic heterocycles. The third-order valence-corrected chi connectivity index (χ3v) is 6.69. The second kappa shape index (κ2) is 5.73. The molecule has 2 nitrogen and oxygen atoms in total. The van der Waals surface area contributed by atoms with Crippen LogP contribution in [0.25, 0.3) is 0 Å². The summed E-state index contributed by atoms with van der Waals surface area (Å²) in [5.41, 5.74) is 6.69. The van der Waals surface area contributed by atoms with E-state index in [0.717, 1.165) is 29.8 Å². The second-order valence-corrected chi connectivity index (χ2v) is 7.55. The Labute approximate surface area is 119 Å². The Kier molecular flexibility index (Phi) is 4.19. The molecule has 3 aliphatic rings. The molecule has 3 fully saturated rings. The van der Waals surface area contributed by atoms with Crippen molar-refractivity contribution >= 4 is 0 Å². The van der Waals surface area contributed by atoms with Gasteiger partial charge in [0.05, 0.1) is 0 Å². The lowest BCUT2D eigenvalue weighted by molar-refractivity contribution is 0.0948. The van der Waals surface area contributed by atoms with E-state index in [4.69, 9.17) is 5.73 Å². The number of nitrogens with zero attached hydrogens (tertiary/aromatic N) is 1. The molecule has 0 aromatic heterocycles. The van der Waals surface area contributed by atoms with Gasteiger partial charge in [-0.15, -0.1) is 0 Å². The maximum absolute atomic E-state index is 6.69. The third-order valence-electron chi connectivity index (χ3n) is 6.69. The summed E-state index contributed by atoms with van der Waals surface area (Å²) in [4.78, 5) is 2.64. The summed E-state index contributed by atoms with van der Waals surface area (Å²) in [5, 5.41) is 0. The van der Waals surface area contributed by atoms with Gasteiger partial charge in [0.2, 0.25) is 0 Å². The predicted octanol–water partition coefficient (Wildman–Crippen LogP) is 3.40. The van der Waals surface area contributed by atoms with E-state index in [9.17, 15) is 0 Å². The van der Waals surface area contributed by atoms with Crippen LogP contribution >= 0.6 is 0 Å². The molecule has 1 saturated carbocycles. The fourth-order valence-electron chi connectivity index (χ4n) is 5.13. The van der Waals surface area contributed by atoms with Crippen molar-refractivity contribution in [1.82, 2.24) is 4.90 Å². The maximum Gasteiger partial charge on any atom is 0.00989 e. The van der Waals surface area contributed by atoms with Gasteiger partial charge in [0.1, 0.15) is 0 Å². The number of nitrogens with two attached hydrogens (primary N) is 1. The largest absolute Gasteiger partial charge is 0.327 e. The van der Waals surface area contributed by atoms with E-state index in [0.29, 0.717) is 6.04 Å². The van der Waals surface area contributed by atoms with Gasteiger partial charge in [0.25, 0.3) is 0 Å². The first-order valence-electron chi connectivity index (χ1n) is 8.66. The average molecular weight is 264 g/mol. The van der Waals surface area contributed by atoms with Gasteiger partial charge in [0.15, 0.2) is 0 Å². The van der Waals surface area contributed by atoms with E-state index in [1.165, 1.54) is 57.8 Å². The minimum absolute atomic E-state index is 0.495. The quantitative estimate of drug-likeness (QED) is 0.846. The van der Waals surface area contributed by atoms with Crippen LogP contribution in [0.2, 0.25) is 0 Å². The highest BCUT2D eigenvalue weighted by atomic mass is 15.2. The summed E-state index contributed by atoms with van der Waals surface area (Å²) < 4.78 is 0. The minimum atomic E-state index is 0.495. The van der Waals surface area contributed by atoms with Gasteiger partial charge in [-0.05, 0) is 63.3 Å². The van der Waals surface area contributed by atoms with Gasteiger partial charge < -0.3 is 10.6 Å². The molecule has 0 aromatic carbocycles. The van der Waals surface area contributed by atoms with Crippen molar-refractivity contribution in [2.24, 2.45) is 23.5 Å². The Morgan fingerprint density at radius 1 is 0.947 bits per heavy atom. The summed E-state index contributed by atoms with van der Waals surface area (Å²) in [7, 11) is 2.33. The molecule has 0 amide bonds. The molecule has 3 atom stereocenters. The number of rotatable bonds is 3. The molecule has 2 N–H and O–H groups in total. The zero-order valence-corrected chi connectivity index (χ0v) is 12.9. The summed E-state index contributed by atoms with van der Waals surface area (Å²) in [6.45, 7) is 2.35. The maximum atomic E-state index is 6.69. The van der Waals surface area contributed by atoms with Gasteiger partial charge >= 0.3 is 0 Å². The topological polar surface area (TPSA) is 29.3 Å².